The Bertz CT molecular complexity index is 596. The molecular weight excluding hydrogens is 259 g/mol. The van der Waals surface area contributed by atoms with Crippen molar-refractivity contribution in [1.29, 1.82) is 0 Å². The van der Waals surface area contributed by atoms with Crippen molar-refractivity contribution in [2.24, 2.45) is 0 Å². The lowest BCUT2D eigenvalue weighted by Gasteiger charge is -2.15. The van der Waals surface area contributed by atoms with Crippen LogP contribution in [0.2, 0.25) is 0 Å². The van der Waals surface area contributed by atoms with Crippen molar-refractivity contribution < 1.29 is 14.2 Å². The number of hydrogen-bond donors (Lipinski definition) is 1. The zero-order valence-corrected chi connectivity index (χ0v) is 11.9. The van der Waals surface area contributed by atoms with Gasteiger partial charge in [0, 0.05) is 6.54 Å². The molecule has 0 aliphatic carbocycles. The minimum absolute atomic E-state index is 0.331. The highest BCUT2D eigenvalue weighted by Gasteiger charge is 2.22. The number of ether oxygens (including phenoxy) is 1. The quantitative estimate of drug-likeness (QED) is 0.915. The molecule has 2 aromatic rings. The van der Waals surface area contributed by atoms with Crippen LogP contribution in [0.25, 0.3) is 0 Å². The van der Waals surface area contributed by atoms with Gasteiger partial charge >= 0.3 is 0 Å². The number of methoxy groups -OCH3 is 1. The Labute approximate surface area is 117 Å². The third kappa shape index (κ3) is 2.67. The van der Waals surface area contributed by atoms with Gasteiger partial charge in [0.05, 0.1) is 13.3 Å². The molecule has 1 atom stereocenters. The normalized spacial score (nSPS) is 12.4. The molecule has 0 aliphatic heterocycles. The monoisotopic (exact) mass is 278 g/mol. The highest BCUT2D eigenvalue weighted by atomic mass is 19.1. The molecule has 1 N–H and O–H groups in total. The topological polar surface area (TPSA) is 47.3 Å². The van der Waals surface area contributed by atoms with E-state index in [0.29, 0.717) is 29.1 Å². The Hall–Kier alpha value is -1.88. The molecule has 4 nitrogen and oxygen atoms in total. The molecule has 1 heterocycles. The fraction of sp³-hybridized carbons (Fsp3) is 0.400. The summed E-state index contributed by atoms with van der Waals surface area (Å²) in [4.78, 5) is 0. The van der Waals surface area contributed by atoms with Crippen LogP contribution in [0.1, 0.15) is 36.3 Å². The average Bonchev–Trinajstić information content (AvgIpc) is 2.84. The summed E-state index contributed by atoms with van der Waals surface area (Å²) in [6.07, 6.45) is 1.49. The molecule has 108 valence electrons. The number of halogens is 1. The number of aliphatic hydroxyl groups is 1. The van der Waals surface area contributed by atoms with Crippen LogP contribution in [0.4, 0.5) is 4.39 Å². The van der Waals surface area contributed by atoms with Gasteiger partial charge in [-0.15, -0.1) is 0 Å². The first-order valence-corrected chi connectivity index (χ1v) is 6.62. The second-order valence-corrected chi connectivity index (χ2v) is 4.73. The van der Waals surface area contributed by atoms with E-state index in [4.69, 9.17) is 4.74 Å². The Kier molecular flexibility index (Phi) is 4.39. The molecule has 5 heteroatoms. The first-order chi connectivity index (χ1) is 9.58. The maximum absolute atomic E-state index is 13.6. The SMILES string of the molecule is CCCn1ncc(OC)c1C(O)c1ccc(C)c(F)c1. The molecule has 1 aromatic carbocycles. The van der Waals surface area contributed by atoms with Crippen LogP contribution in [-0.2, 0) is 6.54 Å². The highest BCUT2D eigenvalue weighted by molar-refractivity contribution is 5.36. The minimum Gasteiger partial charge on any atom is -0.493 e. The van der Waals surface area contributed by atoms with E-state index in [1.54, 1.807) is 29.9 Å². The summed E-state index contributed by atoms with van der Waals surface area (Å²) >= 11 is 0. The molecule has 1 aromatic heterocycles. The fourth-order valence-corrected chi connectivity index (χ4v) is 2.14. The lowest BCUT2D eigenvalue weighted by Crippen LogP contribution is -2.11. The molecular formula is C15H19FN2O2. The van der Waals surface area contributed by atoms with E-state index in [9.17, 15) is 9.50 Å². The predicted molar refractivity (Wildman–Crippen MR) is 74.3 cm³/mol. The van der Waals surface area contributed by atoms with Crippen molar-refractivity contribution in [2.75, 3.05) is 7.11 Å². The summed E-state index contributed by atoms with van der Waals surface area (Å²) in [5, 5.41) is 14.7. The summed E-state index contributed by atoms with van der Waals surface area (Å²) in [5.41, 5.74) is 1.59. The zero-order chi connectivity index (χ0) is 14.7. The van der Waals surface area contributed by atoms with Gasteiger partial charge in [-0.3, -0.25) is 4.68 Å². The zero-order valence-electron chi connectivity index (χ0n) is 11.9. The first-order valence-electron chi connectivity index (χ1n) is 6.62. The number of rotatable bonds is 5. The number of hydrogen-bond acceptors (Lipinski definition) is 3. The minimum atomic E-state index is -0.964. The molecule has 0 saturated carbocycles. The summed E-state index contributed by atoms with van der Waals surface area (Å²) in [6.45, 7) is 4.38. The average molecular weight is 278 g/mol. The van der Waals surface area contributed by atoms with E-state index in [1.165, 1.54) is 13.2 Å². The Balaban J connectivity index is 2.43. The number of nitrogens with zero attached hydrogens (tertiary/aromatic N) is 2. The predicted octanol–water partition coefficient (Wildman–Crippen LogP) is 2.83. The highest BCUT2D eigenvalue weighted by Crippen LogP contribution is 2.30. The maximum Gasteiger partial charge on any atom is 0.163 e. The second kappa shape index (κ2) is 6.05. The summed E-state index contributed by atoms with van der Waals surface area (Å²) in [6, 6.07) is 4.72. The van der Waals surface area contributed by atoms with Crippen molar-refractivity contribution in [2.45, 2.75) is 32.9 Å². The van der Waals surface area contributed by atoms with E-state index in [1.807, 2.05) is 6.92 Å². The van der Waals surface area contributed by atoms with Crippen LogP contribution < -0.4 is 4.74 Å². The van der Waals surface area contributed by atoms with Crippen LogP contribution in [0, 0.1) is 12.7 Å². The van der Waals surface area contributed by atoms with Crippen LogP contribution >= 0.6 is 0 Å². The van der Waals surface area contributed by atoms with E-state index >= 15 is 0 Å². The van der Waals surface area contributed by atoms with Crippen molar-refractivity contribution in [3.63, 3.8) is 0 Å². The number of aliphatic hydroxyl groups excluding tert-OH is 1. The summed E-state index contributed by atoms with van der Waals surface area (Å²) in [5.74, 6) is 0.175. The van der Waals surface area contributed by atoms with Crippen molar-refractivity contribution in [3.8, 4) is 5.75 Å². The first kappa shape index (κ1) is 14.5. The number of aryl methyl sites for hydroxylation is 2. The Morgan fingerprint density at radius 2 is 2.20 bits per heavy atom. The molecule has 0 radical (unpaired) electrons. The summed E-state index contributed by atoms with van der Waals surface area (Å²) in [7, 11) is 1.53. The molecule has 0 aliphatic rings. The Morgan fingerprint density at radius 3 is 2.80 bits per heavy atom. The van der Waals surface area contributed by atoms with Crippen molar-refractivity contribution in [1.82, 2.24) is 9.78 Å². The van der Waals surface area contributed by atoms with Gasteiger partial charge in [0.2, 0.25) is 0 Å². The second-order valence-electron chi connectivity index (χ2n) is 4.73. The van der Waals surface area contributed by atoms with Gasteiger partial charge in [-0.2, -0.15) is 5.10 Å². The molecule has 0 amide bonds. The van der Waals surface area contributed by atoms with Crippen LogP contribution in [-0.4, -0.2) is 22.0 Å². The largest absolute Gasteiger partial charge is 0.493 e. The van der Waals surface area contributed by atoms with Gasteiger partial charge in [0.25, 0.3) is 0 Å². The van der Waals surface area contributed by atoms with Crippen molar-refractivity contribution >= 4 is 0 Å². The van der Waals surface area contributed by atoms with Gasteiger partial charge in [0.1, 0.15) is 17.6 Å². The molecule has 0 bridgehead atoms. The van der Waals surface area contributed by atoms with E-state index < -0.39 is 6.10 Å². The molecule has 0 spiro atoms. The van der Waals surface area contributed by atoms with Gasteiger partial charge < -0.3 is 9.84 Å². The maximum atomic E-state index is 13.6. The number of aromatic nitrogens is 2. The van der Waals surface area contributed by atoms with Crippen LogP contribution in [0.5, 0.6) is 5.75 Å². The number of benzene rings is 1. The standard InChI is InChI=1S/C15H19FN2O2/c1-4-7-18-14(13(20-3)9-17-18)15(19)11-6-5-10(2)12(16)8-11/h5-6,8-9,15,19H,4,7H2,1-3H3. The lowest BCUT2D eigenvalue weighted by molar-refractivity contribution is 0.201. The van der Waals surface area contributed by atoms with Crippen LogP contribution in [0.3, 0.4) is 0 Å². The smallest absolute Gasteiger partial charge is 0.163 e. The van der Waals surface area contributed by atoms with Gasteiger partial charge in [-0.1, -0.05) is 19.1 Å². The molecule has 2 rings (SSSR count). The third-order valence-corrected chi connectivity index (χ3v) is 3.27. The van der Waals surface area contributed by atoms with E-state index in [2.05, 4.69) is 5.10 Å². The molecule has 1 unspecified atom stereocenters. The molecule has 0 fully saturated rings. The van der Waals surface area contributed by atoms with E-state index in [0.717, 1.165) is 6.42 Å². The van der Waals surface area contributed by atoms with Gasteiger partial charge in [-0.05, 0) is 30.5 Å². The van der Waals surface area contributed by atoms with Crippen LogP contribution in [0.15, 0.2) is 24.4 Å². The molecule has 0 saturated heterocycles. The van der Waals surface area contributed by atoms with Gasteiger partial charge in [-0.25, -0.2) is 4.39 Å². The van der Waals surface area contributed by atoms with Gasteiger partial charge in [0.15, 0.2) is 5.75 Å². The third-order valence-electron chi connectivity index (χ3n) is 3.27. The van der Waals surface area contributed by atoms with E-state index in [-0.39, 0.29) is 5.82 Å². The Morgan fingerprint density at radius 1 is 1.45 bits per heavy atom. The van der Waals surface area contributed by atoms with Crippen molar-refractivity contribution in [3.05, 3.63) is 47.0 Å². The molecule has 20 heavy (non-hydrogen) atoms. The fourth-order valence-electron chi connectivity index (χ4n) is 2.14. The lowest BCUT2D eigenvalue weighted by atomic mass is 10.0. The summed E-state index contributed by atoms with van der Waals surface area (Å²) < 4.78 is 20.6.